The summed E-state index contributed by atoms with van der Waals surface area (Å²) in [6.45, 7) is 0. The maximum Gasteiger partial charge on any atom is 0.132 e. The Morgan fingerprint density at radius 3 is 1.89 bits per heavy atom. The first-order valence-electron chi connectivity index (χ1n) is 9.05. The molecule has 0 amide bonds. The predicted molar refractivity (Wildman–Crippen MR) is 111 cm³/mol. The van der Waals surface area contributed by atoms with Gasteiger partial charge in [-0.05, 0) is 42.0 Å². The van der Waals surface area contributed by atoms with Crippen molar-refractivity contribution in [3.63, 3.8) is 0 Å². The summed E-state index contributed by atoms with van der Waals surface area (Å²) in [4.78, 5) is 0. The molecule has 0 radical (unpaired) electrons. The highest BCUT2D eigenvalue weighted by atomic mass is 19.1. The van der Waals surface area contributed by atoms with Crippen LogP contribution in [-0.2, 0) is 0 Å². The van der Waals surface area contributed by atoms with Gasteiger partial charge >= 0.3 is 0 Å². The topological polar surface area (TPSA) is 28.7 Å². The predicted octanol–water partition coefficient (Wildman–Crippen LogP) is 6.46. The van der Waals surface area contributed by atoms with E-state index in [1.54, 1.807) is 12.1 Å². The van der Waals surface area contributed by atoms with Crippen LogP contribution in [0.15, 0.2) is 91.0 Å². The largest absolute Gasteiger partial charge is 0.309 e. The van der Waals surface area contributed by atoms with Crippen molar-refractivity contribution in [3.05, 3.63) is 102 Å². The van der Waals surface area contributed by atoms with E-state index in [0.717, 1.165) is 22.3 Å². The first-order chi connectivity index (χ1) is 13.8. The van der Waals surface area contributed by atoms with Gasteiger partial charge < -0.3 is 4.57 Å². The third kappa shape index (κ3) is 2.47. The van der Waals surface area contributed by atoms with Gasteiger partial charge in [0.1, 0.15) is 5.82 Å². The molecule has 0 unspecified atom stereocenters. The molecule has 0 bridgehead atoms. The average Bonchev–Trinajstić information content (AvgIpc) is 3.08. The standard InChI is InChI=1S/C25H15FN2/c26-23-15-17(16-27)9-14-20(23)18-10-12-19(13-11-18)28-24-7-3-1-5-21(24)22-6-2-4-8-25(22)28/h1-15H. The number of nitrogens with zero attached hydrogens (tertiary/aromatic N) is 2. The molecule has 0 saturated carbocycles. The van der Waals surface area contributed by atoms with Crippen molar-refractivity contribution < 1.29 is 4.39 Å². The Bertz CT molecular complexity index is 1320. The van der Waals surface area contributed by atoms with Crippen LogP contribution in [0.1, 0.15) is 5.56 Å². The van der Waals surface area contributed by atoms with Crippen LogP contribution in [0.4, 0.5) is 4.39 Å². The molecule has 1 aromatic heterocycles. The lowest BCUT2D eigenvalue weighted by molar-refractivity contribution is 0.631. The van der Waals surface area contributed by atoms with Crippen molar-refractivity contribution >= 4 is 21.8 Å². The molecule has 0 aliphatic carbocycles. The van der Waals surface area contributed by atoms with E-state index >= 15 is 0 Å². The van der Waals surface area contributed by atoms with Crippen LogP contribution in [0.2, 0.25) is 0 Å². The molecule has 132 valence electrons. The molecule has 0 N–H and O–H groups in total. The summed E-state index contributed by atoms with van der Waals surface area (Å²) < 4.78 is 16.6. The van der Waals surface area contributed by atoms with E-state index in [2.05, 4.69) is 41.0 Å². The average molecular weight is 362 g/mol. The van der Waals surface area contributed by atoms with Gasteiger partial charge in [0.25, 0.3) is 0 Å². The third-order valence-corrected chi connectivity index (χ3v) is 5.11. The second-order valence-corrected chi connectivity index (χ2v) is 6.72. The Labute approximate surface area is 161 Å². The number of halogens is 1. The lowest BCUT2D eigenvalue weighted by Gasteiger charge is -2.10. The number of hydrogen-bond donors (Lipinski definition) is 0. The first kappa shape index (κ1) is 16.3. The minimum absolute atomic E-state index is 0.322. The van der Waals surface area contributed by atoms with Crippen molar-refractivity contribution in [2.75, 3.05) is 0 Å². The highest BCUT2D eigenvalue weighted by Crippen LogP contribution is 2.32. The van der Waals surface area contributed by atoms with E-state index in [1.165, 1.54) is 16.8 Å². The summed E-state index contributed by atoms with van der Waals surface area (Å²) in [6.07, 6.45) is 0. The molecule has 1 heterocycles. The maximum absolute atomic E-state index is 14.4. The molecule has 0 spiro atoms. The summed E-state index contributed by atoms with van der Waals surface area (Å²) in [6, 6.07) is 31.1. The van der Waals surface area contributed by atoms with E-state index in [4.69, 9.17) is 5.26 Å². The van der Waals surface area contributed by atoms with Gasteiger partial charge in [-0.2, -0.15) is 5.26 Å². The zero-order chi connectivity index (χ0) is 19.1. The van der Waals surface area contributed by atoms with Gasteiger partial charge in [-0.1, -0.05) is 54.6 Å². The zero-order valence-electron chi connectivity index (χ0n) is 14.9. The van der Waals surface area contributed by atoms with Gasteiger partial charge in [0.15, 0.2) is 0 Å². The maximum atomic E-state index is 14.4. The zero-order valence-corrected chi connectivity index (χ0v) is 14.9. The number of nitriles is 1. The van der Waals surface area contributed by atoms with Crippen LogP contribution in [-0.4, -0.2) is 4.57 Å². The fourth-order valence-electron chi connectivity index (χ4n) is 3.81. The SMILES string of the molecule is N#Cc1ccc(-c2ccc(-n3c4ccccc4c4ccccc43)cc2)c(F)c1. The van der Waals surface area contributed by atoms with Gasteiger partial charge in [-0.25, -0.2) is 4.39 Å². The van der Waals surface area contributed by atoms with E-state index < -0.39 is 0 Å². The van der Waals surface area contributed by atoms with Gasteiger partial charge in [0, 0.05) is 22.0 Å². The number of fused-ring (bicyclic) bond motifs is 3. The highest BCUT2D eigenvalue weighted by molar-refractivity contribution is 6.09. The minimum atomic E-state index is -0.385. The minimum Gasteiger partial charge on any atom is -0.309 e. The fourth-order valence-corrected chi connectivity index (χ4v) is 3.81. The normalized spacial score (nSPS) is 11.0. The van der Waals surface area contributed by atoms with Crippen molar-refractivity contribution in [1.82, 2.24) is 4.57 Å². The van der Waals surface area contributed by atoms with Crippen LogP contribution >= 0.6 is 0 Å². The van der Waals surface area contributed by atoms with E-state index in [1.807, 2.05) is 42.5 Å². The van der Waals surface area contributed by atoms with Crippen molar-refractivity contribution in [2.24, 2.45) is 0 Å². The second-order valence-electron chi connectivity index (χ2n) is 6.72. The number of para-hydroxylation sites is 2. The number of hydrogen-bond acceptors (Lipinski definition) is 1. The summed E-state index contributed by atoms with van der Waals surface area (Å²) in [5.74, 6) is -0.385. The van der Waals surface area contributed by atoms with Gasteiger partial charge in [-0.3, -0.25) is 0 Å². The summed E-state index contributed by atoms with van der Waals surface area (Å²) in [7, 11) is 0. The van der Waals surface area contributed by atoms with E-state index in [9.17, 15) is 4.39 Å². The quantitative estimate of drug-likeness (QED) is 0.354. The molecular weight excluding hydrogens is 347 g/mol. The monoisotopic (exact) mass is 362 g/mol. The summed E-state index contributed by atoms with van der Waals surface area (Å²) in [5.41, 5.74) is 4.90. The van der Waals surface area contributed by atoms with Gasteiger partial charge in [0.2, 0.25) is 0 Å². The van der Waals surface area contributed by atoms with Crippen LogP contribution < -0.4 is 0 Å². The Balaban J connectivity index is 1.67. The van der Waals surface area contributed by atoms with Crippen molar-refractivity contribution in [3.8, 4) is 22.9 Å². The molecule has 5 aromatic rings. The van der Waals surface area contributed by atoms with Crippen LogP contribution in [0.3, 0.4) is 0 Å². The summed E-state index contributed by atoms with van der Waals surface area (Å²) in [5, 5.41) is 11.3. The Kier molecular flexibility index (Phi) is 3.70. The molecule has 3 heteroatoms. The van der Waals surface area contributed by atoms with E-state index in [0.29, 0.717) is 11.1 Å². The molecule has 2 nitrogen and oxygen atoms in total. The fraction of sp³-hybridized carbons (Fsp3) is 0. The second kappa shape index (κ2) is 6.37. The van der Waals surface area contributed by atoms with E-state index in [-0.39, 0.29) is 5.82 Å². The Morgan fingerprint density at radius 2 is 1.32 bits per heavy atom. The van der Waals surface area contributed by atoms with Gasteiger partial charge in [-0.15, -0.1) is 0 Å². The smallest absolute Gasteiger partial charge is 0.132 e. The Morgan fingerprint density at radius 1 is 0.714 bits per heavy atom. The van der Waals surface area contributed by atoms with Crippen LogP contribution in [0.5, 0.6) is 0 Å². The van der Waals surface area contributed by atoms with Crippen molar-refractivity contribution in [2.45, 2.75) is 0 Å². The van der Waals surface area contributed by atoms with Crippen molar-refractivity contribution in [1.29, 1.82) is 5.26 Å². The highest BCUT2D eigenvalue weighted by Gasteiger charge is 2.12. The first-order valence-corrected chi connectivity index (χ1v) is 9.05. The molecule has 0 aliphatic heterocycles. The molecule has 28 heavy (non-hydrogen) atoms. The third-order valence-electron chi connectivity index (χ3n) is 5.11. The molecule has 4 aromatic carbocycles. The molecule has 0 fully saturated rings. The number of rotatable bonds is 2. The molecule has 0 atom stereocenters. The molecule has 0 aliphatic rings. The van der Waals surface area contributed by atoms with Crippen LogP contribution in [0, 0.1) is 17.1 Å². The number of aromatic nitrogens is 1. The molecule has 0 saturated heterocycles. The van der Waals surface area contributed by atoms with Gasteiger partial charge in [0.05, 0.1) is 22.7 Å². The van der Waals surface area contributed by atoms with Crippen LogP contribution in [0.25, 0.3) is 38.6 Å². The lowest BCUT2D eigenvalue weighted by Crippen LogP contribution is -1.94. The number of benzene rings is 4. The molecule has 5 rings (SSSR count). The lowest BCUT2D eigenvalue weighted by atomic mass is 10.0. The summed E-state index contributed by atoms with van der Waals surface area (Å²) >= 11 is 0. The molecular formula is C25H15FN2. The Hall–Kier alpha value is -3.90.